The van der Waals surface area contributed by atoms with Crippen molar-refractivity contribution in [3.8, 4) is 11.8 Å². The molecule has 0 aliphatic carbocycles. The molecule has 1 heterocycles. The second-order valence-electron chi connectivity index (χ2n) is 2.05. The van der Waals surface area contributed by atoms with E-state index in [9.17, 15) is 0 Å². The molecule has 1 aromatic heterocycles. The van der Waals surface area contributed by atoms with Gasteiger partial charge in [0.1, 0.15) is 17.5 Å². The molecule has 4 nitrogen and oxygen atoms in total. The Kier molecular flexibility index (Phi) is 3.05. The minimum atomic E-state index is -0.179. The van der Waals surface area contributed by atoms with Crippen LogP contribution in [0.25, 0.3) is 0 Å². The lowest BCUT2D eigenvalue weighted by Crippen LogP contribution is -1.99. The summed E-state index contributed by atoms with van der Waals surface area (Å²) in [4.78, 5) is 3.87. The van der Waals surface area contributed by atoms with Crippen LogP contribution in [0, 0.1) is 11.3 Å². The summed E-state index contributed by atoms with van der Waals surface area (Å²) in [6, 6.07) is 5.18. The van der Waals surface area contributed by atoms with Gasteiger partial charge in [0, 0.05) is 6.20 Å². The minimum absolute atomic E-state index is 0.0291. The van der Waals surface area contributed by atoms with E-state index in [-0.39, 0.29) is 13.2 Å². The fourth-order valence-electron chi connectivity index (χ4n) is 0.783. The normalized spacial score (nSPS) is 9.00. The first-order valence-electron chi connectivity index (χ1n) is 3.43. The highest BCUT2D eigenvalue weighted by molar-refractivity contribution is 5.26. The van der Waals surface area contributed by atoms with Gasteiger partial charge < -0.3 is 9.84 Å². The molecule has 0 saturated heterocycles. The van der Waals surface area contributed by atoms with Crippen LogP contribution >= 0.6 is 0 Å². The molecule has 0 saturated carbocycles. The van der Waals surface area contributed by atoms with Crippen LogP contribution in [0.1, 0.15) is 5.69 Å². The second kappa shape index (κ2) is 4.31. The smallest absolute Gasteiger partial charge is 0.174 e. The third-order valence-electron chi connectivity index (χ3n) is 1.29. The molecule has 0 radical (unpaired) electrons. The number of hydrogen-bond acceptors (Lipinski definition) is 4. The molecule has 0 fully saturated rings. The molecule has 0 aliphatic rings. The fraction of sp³-hybridized carbons (Fsp3) is 0.250. The van der Waals surface area contributed by atoms with Crippen molar-refractivity contribution < 1.29 is 9.84 Å². The first kappa shape index (κ1) is 8.50. The molecule has 0 aliphatic heterocycles. The van der Waals surface area contributed by atoms with E-state index in [2.05, 4.69) is 4.98 Å². The number of nitriles is 1. The minimum Gasteiger partial charge on any atom is -0.477 e. The summed E-state index contributed by atoms with van der Waals surface area (Å²) in [7, 11) is 0. The van der Waals surface area contributed by atoms with Crippen molar-refractivity contribution in [1.29, 1.82) is 5.26 Å². The Balaban J connectivity index is 2.76. The Labute approximate surface area is 70.0 Å². The van der Waals surface area contributed by atoms with Crippen LogP contribution in [-0.2, 0) is 6.61 Å². The number of aliphatic hydroxyl groups is 1. The van der Waals surface area contributed by atoms with Crippen LogP contribution in [-0.4, -0.2) is 16.7 Å². The quantitative estimate of drug-likeness (QED) is 0.705. The van der Waals surface area contributed by atoms with Gasteiger partial charge in [-0.25, -0.2) is 0 Å². The van der Waals surface area contributed by atoms with Gasteiger partial charge in [-0.05, 0) is 12.1 Å². The van der Waals surface area contributed by atoms with Crippen LogP contribution in [0.15, 0.2) is 18.3 Å². The zero-order valence-electron chi connectivity index (χ0n) is 6.40. The van der Waals surface area contributed by atoms with E-state index in [1.54, 1.807) is 18.3 Å². The number of pyridine rings is 1. The van der Waals surface area contributed by atoms with Gasteiger partial charge in [0.2, 0.25) is 0 Å². The van der Waals surface area contributed by atoms with Crippen LogP contribution in [0.2, 0.25) is 0 Å². The summed E-state index contributed by atoms with van der Waals surface area (Å²) < 4.78 is 4.99. The van der Waals surface area contributed by atoms with Gasteiger partial charge in [-0.1, -0.05) is 0 Å². The maximum Gasteiger partial charge on any atom is 0.174 e. The molecule has 1 N–H and O–H groups in total. The van der Waals surface area contributed by atoms with Gasteiger partial charge in [0.15, 0.2) is 6.61 Å². The van der Waals surface area contributed by atoms with Crippen molar-refractivity contribution in [2.24, 2.45) is 0 Å². The molecule has 4 heteroatoms. The van der Waals surface area contributed by atoms with Crippen LogP contribution < -0.4 is 4.74 Å². The highest BCUT2D eigenvalue weighted by atomic mass is 16.5. The molecular weight excluding hydrogens is 156 g/mol. The third-order valence-corrected chi connectivity index (χ3v) is 1.29. The highest BCUT2D eigenvalue weighted by Crippen LogP contribution is 2.14. The molecule has 0 unspecified atom stereocenters. The number of rotatable bonds is 3. The van der Waals surface area contributed by atoms with Crippen molar-refractivity contribution in [3.05, 3.63) is 24.0 Å². The number of aromatic nitrogens is 1. The van der Waals surface area contributed by atoms with Gasteiger partial charge in [-0.2, -0.15) is 5.26 Å². The summed E-state index contributed by atoms with van der Waals surface area (Å²) in [5, 5.41) is 17.0. The summed E-state index contributed by atoms with van der Waals surface area (Å²) >= 11 is 0. The first-order valence-corrected chi connectivity index (χ1v) is 3.43. The zero-order chi connectivity index (χ0) is 8.81. The number of hydrogen-bond donors (Lipinski definition) is 1. The van der Waals surface area contributed by atoms with E-state index in [4.69, 9.17) is 15.1 Å². The molecule has 1 aromatic rings. The Hall–Kier alpha value is -1.60. The molecule has 0 bridgehead atoms. The molecule has 62 valence electrons. The number of nitrogens with zero attached hydrogens (tertiary/aromatic N) is 2. The van der Waals surface area contributed by atoms with Crippen LogP contribution in [0.4, 0.5) is 0 Å². The molecule has 1 rings (SSSR count). The summed E-state index contributed by atoms with van der Waals surface area (Å²) in [5.74, 6) is 0.460. The summed E-state index contributed by atoms with van der Waals surface area (Å²) in [6.07, 6.45) is 1.56. The van der Waals surface area contributed by atoms with E-state index < -0.39 is 0 Å². The van der Waals surface area contributed by atoms with Gasteiger partial charge in [0.25, 0.3) is 0 Å². The van der Waals surface area contributed by atoms with Crippen molar-refractivity contribution in [2.75, 3.05) is 6.61 Å². The monoisotopic (exact) mass is 164 g/mol. The Bertz CT molecular complexity index is 293. The van der Waals surface area contributed by atoms with Gasteiger partial charge in [-0.3, -0.25) is 4.98 Å². The first-order chi connectivity index (χ1) is 5.88. The van der Waals surface area contributed by atoms with E-state index in [0.717, 1.165) is 0 Å². The van der Waals surface area contributed by atoms with Gasteiger partial charge in [-0.15, -0.1) is 0 Å². The lowest BCUT2D eigenvalue weighted by Gasteiger charge is -2.04. The van der Waals surface area contributed by atoms with E-state index in [1.165, 1.54) is 0 Å². The van der Waals surface area contributed by atoms with Crippen molar-refractivity contribution >= 4 is 0 Å². The Morgan fingerprint density at radius 3 is 3.17 bits per heavy atom. The summed E-state index contributed by atoms with van der Waals surface area (Å²) in [6.45, 7) is -0.208. The van der Waals surface area contributed by atoms with E-state index >= 15 is 0 Å². The summed E-state index contributed by atoms with van der Waals surface area (Å²) in [5.41, 5.74) is 0.452. The molecule has 0 spiro atoms. The molecular formula is C8H8N2O2. The van der Waals surface area contributed by atoms with Crippen molar-refractivity contribution in [2.45, 2.75) is 6.61 Å². The Morgan fingerprint density at radius 1 is 1.67 bits per heavy atom. The SMILES string of the molecule is N#CCOc1cccnc1CO. The van der Waals surface area contributed by atoms with Crippen molar-refractivity contribution in [1.82, 2.24) is 4.98 Å². The van der Waals surface area contributed by atoms with Gasteiger partial charge >= 0.3 is 0 Å². The standard InChI is InChI=1S/C8H8N2O2/c9-3-5-12-8-2-1-4-10-7(8)6-11/h1-2,4,11H,5-6H2. The number of aliphatic hydroxyl groups excluding tert-OH is 1. The molecule has 0 amide bonds. The predicted molar refractivity (Wildman–Crippen MR) is 41.3 cm³/mol. The Morgan fingerprint density at radius 2 is 2.50 bits per heavy atom. The highest BCUT2D eigenvalue weighted by Gasteiger charge is 2.01. The van der Waals surface area contributed by atoms with E-state index in [0.29, 0.717) is 11.4 Å². The zero-order valence-corrected chi connectivity index (χ0v) is 6.40. The maximum absolute atomic E-state index is 8.79. The average molecular weight is 164 g/mol. The van der Waals surface area contributed by atoms with E-state index in [1.807, 2.05) is 6.07 Å². The third kappa shape index (κ3) is 1.94. The van der Waals surface area contributed by atoms with Gasteiger partial charge in [0.05, 0.1) is 6.61 Å². The topological polar surface area (TPSA) is 66.1 Å². The average Bonchev–Trinajstić information content (AvgIpc) is 2.15. The molecule has 12 heavy (non-hydrogen) atoms. The van der Waals surface area contributed by atoms with Crippen molar-refractivity contribution in [3.63, 3.8) is 0 Å². The fourth-order valence-corrected chi connectivity index (χ4v) is 0.783. The second-order valence-corrected chi connectivity index (χ2v) is 2.05. The maximum atomic E-state index is 8.79. The molecule has 0 atom stereocenters. The predicted octanol–water partition coefficient (Wildman–Crippen LogP) is 0.476. The van der Waals surface area contributed by atoms with Crippen LogP contribution in [0.5, 0.6) is 5.75 Å². The largest absolute Gasteiger partial charge is 0.477 e. The van der Waals surface area contributed by atoms with Crippen LogP contribution in [0.3, 0.4) is 0 Å². The molecule has 0 aromatic carbocycles. The lowest BCUT2D eigenvalue weighted by atomic mass is 10.3. The lowest BCUT2D eigenvalue weighted by molar-refractivity contribution is 0.264. The number of ether oxygens (including phenoxy) is 1.